The summed E-state index contributed by atoms with van der Waals surface area (Å²) in [6.07, 6.45) is 3.03. The molecule has 0 fully saturated rings. The molecule has 0 unspecified atom stereocenters. The van der Waals surface area contributed by atoms with Crippen LogP contribution in [-0.2, 0) is 22.5 Å². The normalized spacial score (nSPS) is 13.2. The van der Waals surface area contributed by atoms with E-state index >= 15 is 0 Å². The lowest BCUT2D eigenvalue weighted by atomic mass is 10.0. The molecule has 1 aliphatic heterocycles. The van der Waals surface area contributed by atoms with Crippen molar-refractivity contribution >= 4 is 34.4 Å². The number of carbonyl (C=O) groups is 2. The minimum atomic E-state index is -0.612. The van der Waals surface area contributed by atoms with E-state index in [-0.39, 0.29) is 5.91 Å². The van der Waals surface area contributed by atoms with Crippen LogP contribution in [0, 0.1) is 18.4 Å². The van der Waals surface area contributed by atoms with Crippen LogP contribution in [-0.4, -0.2) is 23.4 Å². The number of benzene rings is 1. The highest BCUT2D eigenvalue weighted by Gasteiger charge is 2.27. The third-order valence-corrected chi connectivity index (χ3v) is 5.12. The van der Waals surface area contributed by atoms with Gasteiger partial charge >= 0.3 is 6.09 Å². The van der Waals surface area contributed by atoms with Gasteiger partial charge in [-0.3, -0.25) is 4.79 Å². The molecule has 1 aromatic carbocycles. The molecule has 3 rings (SSSR count). The van der Waals surface area contributed by atoms with Crippen LogP contribution in [0.4, 0.5) is 9.80 Å². The van der Waals surface area contributed by atoms with Crippen LogP contribution in [0.15, 0.2) is 36.4 Å². The highest BCUT2D eigenvalue weighted by Crippen LogP contribution is 2.36. The van der Waals surface area contributed by atoms with E-state index in [4.69, 9.17) is 7.11 Å². The van der Waals surface area contributed by atoms with Gasteiger partial charge in [0.1, 0.15) is 11.1 Å². The maximum absolute atomic E-state index is 12.2. The number of ether oxygens (including phenoxy) is 1. The van der Waals surface area contributed by atoms with Crippen molar-refractivity contribution < 1.29 is 14.3 Å². The monoisotopic (exact) mass is 365 g/mol. The number of amides is 2. The Morgan fingerprint density at radius 3 is 2.81 bits per heavy atom. The molecule has 6 nitrogen and oxygen atoms in total. The number of nitrogens with one attached hydrogen (secondary N) is 1. The minimum Gasteiger partial charge on any atom is -0.438 e. The third-order valence-electron chi connectivity index (χ3n) is 3.99. The number of thiophene rings is 1. The number of hydrogen-bond donors (Lipinski definition) is 1. The van der Waals surface area contributed by atoms with Crippen LogP contribution in [0.3, 0.4) is 0 Å². The van der Waals surface area contributed by atoms with Gasteiger partial charge in [0.05, 0.1) is 12.1 Å². The molecule has 0 spiro atoms. The van der Waals surface area contributed by atoms with Crippen molar-refractivity contribution in [1.82, 2.24) is 4.90 Å². The van der Waals surface area contributed by atoms with Gasteiger partial charge < -0.3 is 15.0 Å². The lowest BCUT2D eigenvalue weighted by molar-refractivity contribution is -0.111. The highest BCUT2D eigenvalue weighted by molar-refractivity contribution is 7.16. The summed E-state index contributed by atoms with van der Waals surface area (Å²) in [4.78, 5) is 26.1. The molecule has 2 aromatic rings. The molecular weight excluding hydrogens is 350 g/mol. The van der Waals surface area contributed by atoms with E-state index in [1.54, 1.807) is 6.08 Å². The quantitative estimate of drug-likeness (QED) is 0.845. The Labute approximate surface area is 155 Å². The van der Waals surface area contributed by atoms with Crippen LogP contribution >= 0.6 is 11.3 Å². The molecule has 1 aromatic heterocycles. The number of fused-ring (bicyclic) bond motifs is 1. The third kappa shape index (κ3) is 3.76. The van der Waals surface area contributed by atoms with Gasteiger partial charge in [0.15, 0.2) is 7.11 Å². The van der Waals surface area contributed by atoms with E-state index in [1.165, 1.54) is 22.3 Å². The standard InChI is InChI=1S/C19H15N3O3S/c1-25-19(24)22-10-9-14-15(11-20)18(26-16(14)12-22)21-17(23)8-7-13-5-3-2-4-6-13/h1-8H,9-10,12H2,(H,21,23)/b8-7+. The Hall–Kier alpha value is -3.11. The smallest absolute Gasteiger partial charge is 0.410 e. The van der Waals surface area contributed by atoms with Gasteiger partial charge in [-0.2, -0.15) is 5.26 Å². The second-order valence-corrected chi connectivity index (χ2v) is 6.71. The average molecular weight is 365 g/mol. The largest absolute Gasteiger partial charge is 0.438 e. The van der Waals surface area contributed by atoms with Crippen molar-refractivity contribution in [3.63, 3.8) is 0 Å². The predicted octanol–water partition coefficient (Wildman–Crippen LogP) is 3.43. The first-order chi connectivity index (χ1) is 12.6. The summed E-state index contributed by atoms with van der Waals surface area (Å²) in [6.45, 7) is 0.718. The van der Waals surface area contributed by atoms with Gasteiger partial charge in [-0.1, -0.05) is 30.3 Å². The number of carbonyl (C=O) groups excluding carboxylic acids is 2. The van der Waals surface area contributed by atoms with Crippen molar-refractivity contribution in [3.05, 3.63) is 65.1 Å². The highest BCUT2D eigenvalue weighted by atomic mass is 32.1. The zero-order valence-electron chi connectivity index (χ0n) is 13.8. The first-order valence-electron chi connectivity index (χ1n) is 7.86. The van der Waals surface area contributed by atoms with Crippen molar-refractivity contribution in [3.8, 4) is 6.07 Å². The van der Waals surface area contributed by atoms with Gasteiger partial charge in [0, 0.05) is 17.5 Å². The summed E-state index contributed by atoms with van der Waals surface area (Å²) in [7, 11) is 4.93. The van der Waals surface area contributed by atoms with E-state index in [0.29, 0.717) is 30.1 Å². The predicted molar refractivity (Wildman–Crippen MR) is 98.0 cm³/mol. The topological polar surface area (TPSA) is 82.4 Å². The number of hydrogen-bond acceptors (Lipinski definition) is 5. The zero-order valence-corrected chi connectivity index (χ0v) is 14.6. The maximum Gasteiger partial charge on any atom is 0.410 e. The molecule has 130 valence electrons. The summed E-state index contributed by atoms with van der Waals surface area (Å²) in [5, 5.41) is 12.7. The molecule has 2 amide bonds. The lowest BCUT2D eigenvalue weighted by Crippen LogP contribution is -2.35. The van der Waals surface area contributed by atoms with Gasteiger partial charge in [0.2, 0.25) is 5.91 Å². The molecule has 0 aliphatic carbocycles. The van der Waals surface area contributed by atoms with Crippen LogP contribution in [0.1, 0.15) is 21.6 Å². The van der Waals surface area contributed by atoms with E-state index in [1.807, 2.05) is 30.3 Å². The summed E-state index contributed by atoms with van der Waals surface area (Å²) in [6, 6.07) is 11.6. The Morgan fingerprint density at radius 1 is 1.35 bits per heavy atom. The van der Waals surface area contributed by atoms with E-state index in [0.717, 1.165) is 16.0 Å². The van der Waals surface area contributed by atoms with Crippen LogP contribution in [0.25, 0.3) is 6.08 Å². The van der Waals surface area contributed by atoms with Crippen LogP contribution in [0.2, 0.25) is 0 Å². The van der Waals surface area contributed by atoms with Gasteiger partial charge in [0.25, 0.3) is 0 Å². The summed E-state index contributed by atoms with van der Waals surface area (Å²) in [5.74, 6) is -0.317. The number of nitrogens with zero attached hydrogens (tertiary/aromatic N) is 2. The lowest BCUT2D eigenvalue weighted by Gasteiger charge is -2.25. The number of nitriles is 1. The second kappa shape index (κ2) is 7.85. The molecule has 7 heteroatoms. The second-order valence-electron chi connectivity index (χ2n) is 5.61. The SMILES string of the molecule is [CH]OC(=O)N1CCc2c(sc(NC(=O)/C=C/c3ccccc3)c2C#N)C1. The summed E-state index contributed by atoms with van der Waals surface area (Å²) in [5.41, 5.74) is 2.22. The first kappa shape index (κ1) is 17.7. The molecule has 0 saturated carbocycles. The van der Waals surface area contributed by atoms with Gasteiger partial charge in [-0.25, -0.2) is 4.79 Å². The maximum atomic E-state index is 12.2. The van der Waals surface area contributed by atoms with E-state index in [9.17, 15) is 14.9 Å². The summed E-state index contributed by atoms with van der Waals surface area (Å²) < 4.78 is 4.25. The first-order valence-corrected chi connectivity index (χ1v) is 8.68. The van der Waals surface area contributed by atoms with E-state index in [2.05, 4.69) is 16.1 Å². The molecule has 0 atom stereocenters. The Bertz CT molecular complexity index is 897. The van der Waals surface area contributed by atoms with Crippen molar-refractivity contribution in [2.24, 2.45) is 0 Å². The molecule has 0 saturated heterocycles. The van der Waals surface area contributed by atoms with Crippen molar-refractivity contribution in [1.29, 1.82) is 5.26 Å². The van der Waals surface area contributed by atoms with Crippen LogP contribution < -0.4 is 5.32 Å². The molecule has 1 aliphatic rings. The zero-order chi connectivity index (χ0) is 18.5. The Balaban J connectivity index is 1.76. The van der Waals surface area contributed by atoms with Crippen molar-refractivity contribution in [2.45, 2.75) is 13.0 Å². The fourth-order valence-electron chi connectivity index (χ4n) is 2.73. The minimum absolute atomic E-state index is 0.306. The van der Waals surface area contributed by atoms with Crippen LogP contribution in [0.5, 0.6) is 0 Å². The van der Waals surface area contributed by atoms with Gasteiger partial charge in [-0.15, -0.1) is 11.3 Å². The molecule has 26 heavy (non-hydrogen) atoms. The molecule has 1 N–H and O–H groups in total. The molecule has 2 heterocycles. The molecular formula is C19H15N3O3S. The molecule has 2 radical (unpaired) electrons. The molecule has 0 bridgehead atoms. The number of rotatable bonds is 3. The Morgan fingerprint density at radius 2 is 2.12 bits per heavy atom. The van der Waals surface area contributed by atoms with E-state index < -0.39 is 6.09 Å². The number of anilines is 1. The van der Waals surface area contributed by atoms with Gasteiger partial charge in [-0.05, 0) is 23.6 Å². The summed E-state index contributed by atoms with van der Waals surface area (Å²) >= 11 is 1.29. The fraction of sp³-hybridized carbons (Fsp3) is 0.158. The Kier molecular flexibility index (Phi) is 5.34. The van der Waals surface area contributed by atoms with Crippen molar-refractivity contribution in [2.75, 3.05) is 11.9 Å². The average Bonchev–Trinajstić information content (AvgIpc) is 3.02. The fourth-order valence-corrected chi connectivity index (χ4v) is 3.95.